The first-order chi connectivity index (χ1) is 12.0. The maximum absolute atomic E-state index is 11.9. The van der Waals surface area contributed by atoms with Gasteiger partial charge < -0.3 is 9.84 Å². The summed E-state index contributed by atoms with van der Waals surface area (Å²) in [5.41, 5.74) is 0.921. The van der Waals surface area contributed by atoms with Crippen molar-refractivity contribution in [1.82, 2.24) is 4.90 Å². The van der Waals surface area contributed by atoms with E-state index in [-0.39, 0.29) is 6.04 Å². The molecule has 25 heavy (non-hydrogen) atoms. The van der Waals surface area contributed by atoms with Gasteiger partial charge in [-0.2, -0.15) is 0 Å². The zero-order valence-corrected chi connectivity index (χ0v) is 15.9. The normalized spacial score (nSPS) is 19.6. The summed E-state index contributed by atoms with van der Waals surface area (Å²) in [6.45, 7) is 2.81. The van der Waals surface area contributed by atoms with Gasteiger partial charge in [-0.05, 0) is 56.6 Å². The lowest BCUT2D eigenvalue weighted by molar-refractivity contribution is -0.145. The van der Waals surface area contributed by atoms with E-state index in [1.165, 1.54) is 4.88 Å². The van der Waals surface area contributed by atoms with E-state index in [0.717, 1.165) is 35.6 Å². The molecule has 6 heteroatoms. The molecule has 2 atom stereocenters. The molecule has 2 unspecified atom stereocenters. The smallest absolute Gasteiger partial charge is 0.320 e. The lowest BCUT2D eigenvalue weighted by Crippen LogP contribution is -2.46. The number of aliphatic carboxylic acids is 1. The monoisotopic (exact) mass is 379 g/mol. The van der Waals surface area contributed by atoms with E-state index in [9.17, 15) is 9.90 Å². The summed E-state index contributed by atoms with van der Waals surface area (Å²) >= 11 is 7.95. The molecular formula is C19H22ClNO3S. The second-order valence-electron chi connectivity index (χ2n) is 6.32. The van der Waals surface area contributed by atoms with Crippen LogP contribution < -0.4 is 4.74 Å². The van der Waals surface area contributed by atoms with Gasteiger partial charge >= 0.3 is 5.97 Å². The Kier molecular flexibility index (Phi) is 5.67. The van der Waals surface area contributed by atoms with Gasteiger partial charge in [-0.15, -0.1) is 11.3 Å². The minimum atomic E-state index is -0.765. The fourth-order valence-corrected chi connectivity index (χ4v) is 4.74. The second-order valence-corrected chi connectivity index (χ2v) is 8.08. The molecule has 2 heterocycles. The largest absolute Gasteiger partial charge is 0.496 e. The Morgan fingerprint density at radius 3 is 2.80 bits per heavy atom. The molecular weight excluding hydrogens is 358 g/mol. The van der Waals surface area contributed by atoms with Crippen LogP contribution in [0, 0.1) is 6.92 Å². The summed E-state index contributed by atoms with van der Waals surface area (Å²) in [5, 5.41) is 10.4. The van der Waals surface area contributed by atoms with Crippen molar-refractivity contribution >= 4 is 28.9 Å². The number of rotatable bonds is 5. The van der Waals surface area contributed by atoms with Crippen molar-refractivity contribution in [3.8, 4) is 5.75 Å². The molecule has 4 nitrogen and oxygen atoms in total. The Hall–Kier alpha value is -1.56. The van der Waals surface area contributed by atoms with Crippen LogP contribution in [0.1, 0.15) is 40.6 Å². The van der Waals surface area contributed by atoms with Gasteiger partial charge in [0.15, 0.2) is 0 Å². The number of ether oxygens (including phenoxy) is 1. The van der Waals surface area contributed by atoms with Gasteiger partial charge in [-0.3, -0.25) is 9.69 Å². The lowest BCUT2D eigenvalue weighted by atomic mass is 9.94. The molecule has 1 N–H and O–H groups in total. The zero-order chi connectivity index (χ0) is 18.0. The maximum atomic E-state index is 11.9. The number of carboxylic acids is 1. The predicted molar refractivity (Wildman–Crippen MR) is 101 cm³/mol. The average molecular weight is 380 g/mol. The second kappa shape index (κ2) is 7.77. The van der Waals surface area contributed by atoms with E-state index in [0.29, 0.717) is 11.4 Å². The van der Waals surface area contributed by atoms with Crippen molar-refractivity contribution in [2.75, 3.05) is 13.7 Å². The molecule has 0 aliphatic carbocycles. The van der Waals surface area contributed by atoms with E-state index in [2.05, 4.69) is 24.0 Å². The highest BCUT2D eigenvalue weighted by atomic mass is 35.5. The molecule has 3 rings (SSSR count). The highest BCUT2D eigenvalue weighted by Crippen LogP contribution is 2.41. The van der Waals surface area contributed by atoms with E-state index in [1.807, 2.05) is 12.1 Å². The molecule has 2 aromatic rings. The molecule has 0 saturated carbocycles. The fourth-order valence-electron chi connectivity index (χ4n) is 3.54. The Balaban J connectivity index is 2.13. The SMILES string of the molecule is COc1ccc(Cl)cc1C(c1ccc(C)s1)N1CCCCC1C(=O)O. The van der Waals surface area contributed by atoms with Gasteiger partial charge in [-0.25, -0.2) is 0 Å². The van der Waals surface area contributed by atoms with Gasteiger partial charge in [0.2, 0.25) is 0 Å². The van der Waals surface area contributed by atoms with E-state index < -0.39 is 12.0 Å². The summed E-state index contributed by atoms with van der Waals surface area (Å²) in [6, 6.07) is 9.03. The number of hydrogen-bond donors (Lipinski definition) is 1. The Morgan fingerprint density at radius 2 is 2.16 bits per heavy atom. The minimum absolute atomic E-state index is 0.172. The van der Waals surface area contributed by atoms with Crippen molar-refractivity contribution < 1.29 is 14.6 Å². The van der Waals surface area contributed by atoms with Crippen LogP contribution in [0.3, 0.4) is 0 Å². The van der Waals surface area contributed by atoms with E-state index >= 15 is 0 Å². The number of aryl methyl sites for hydroxylation is 1. The van der Waals surface area contributed by atoms with Crippen LogP contribution in [0.4, 0.5) is 0 Å². The highest BCUT2D eigenvalue weighted by molar-refractivity contribution is 7.12. The van der Waals surface area contributed by atoms with Gasteiger partial charge in [0, 0.05) is 20.3 Å². The van der Waals surface area contributed by atoms with Crippen LogP contribution >= 0.6 is 22.9 Å². The van der Waals surface area contributed by atoms with Crippen LogP contribution in [-0.4, -0.2) is 35.7 Å². The van der Waals surface area contributed by atoms with Crippen molar-refractivity contribution in [3.05, 3.63) is 50.7 Å². The lowest BCUT2D eigenvalue weighted by Gasteiger charge is -2.39. The van der Waals surface area contributed by atoms with E-state index in [1.54, 1.807) is 24.5 Å². The molecule has 0 spiro atoms. The van der Waals surface area contributed by atoms with Gasteiger partial charge in [0.05, 0.1) is 13.2 Å². The van der Waals surface area contributed by atoms with Gasteiger partial charge in [0.1, 0.15) is 11.8 Å². The van der Waals surface area contributed by atoms with Crippen LogP contribution in [-0.2, 0) is 4.79 Å². The summed E-state index contributed by atoms with van der Waals surface area (Å²) in [4.78, 5) is 16.3. The first-order valence-corrected chi connectivity index (χ1v) is 9.59. The molecule has 1 aliphatic rings. The third-order valence-electron chi connectivity index (χ3n) is 4.68. The van der Waals surface area contributed by atoms with E-state index in [4.69, 9.17) is 16.3 Å². The molecule has 1 aliphatic heterocycles. The summed E-state index contributed by atoms with van der Waals surface area (Å²) in [7, 11) is 1.63. The van der Waals surface area contributed by atoms with Gasteiger partial charge in [0.25, 0.3) is 0 Å². The Bertz CT molecular complexity index is 761. The topological polar surface area (TPSA) is 49.8 Å². The third kappa shape index (κ3) is 3.84. The van der Waals surface area contributed by atoms with Crippen molar-refractivity contribution in [3.63, 3.8) is 0 Å². The molecule has 0 radical (unpaired) electrons. The first kappa shape index (κ1) is 18.2. The molecule has 0 amide bonds. The van der Waals surface area contributed by atoms with Crippen molar-refractivity contribution in [2.24, 2.45) is 0 Å². The quantitative estimate of drug-likeness (QED) is 0.814. The average Bonchev–Trinajstić information content (AvgIpc) is 3.02. The van der Waals surface area contributed by atoms with Crippen molar-refractivity contribution in [1.29, 1.82) is 0 Å². The minimum Gasteiger partial charge on any atom is -0.496 e. The number of thiophene rings is 1. The number of carbonyl (C=O) groups is 1. The maximum Gasteiger partial charge on any atom is 0.320 e. The summed E-state index contributed by atoms with van der Waals surface area (Å²) in [6.07, 6.45) is 2.60. The van der Waals surface area contributed by atoms with Crippen LogP contribution in [0.2, 0.25) is 5.02 Å². The summed E-state index contributed by atoms with van der Waals surface area (Å²) in [5.74, 6) is -0.0332. The molecule has 1 aromatic carbocycles. The number of piperidine rings is 1. The molecule has 1 aromatic heterocycles. The van der Waals surface area contributed by atoms with Gasteiger partial charge in [-0.1, -0.05) is 18.0 Å². The van der Waals surface area contributed by atoms with Crippen LogP contribution in [0.15, 0.2) is 30.3 Å². The predicted octanol–water partition coefficient (Wildman–Crippen LogP) is 4.75. The molecule has 134 valence electrons. The third-order valence-corrected chi connectivity index (χ3v) is 5.97. The molecule has 1 fully saturated rings. The van der Waals surface area contributed by atoms with Crippen LogP contribution in [0.25, 0.3) is 0 Å². The number of nitrogens with zero attached hydrogens (tertiary/aromatic N) is 1. The molecule has 1 saturated heterocycles. The highest BCUT2D eigenvalue weighted by Gasteiger charge is 2.36. The Morgan fingerprint density at radius 1 is 1.36 bits per heavy atom. The summed E-state index contributed by atoms with van der Waals surface area (Å²) < 4.78 is 5.57. The first-order valence-electron chi connectivity index (χ1n) is 8.39. The zero-order valence-electron chi connectivity index (χ0n) is 14.4. The number of halogens is 1. The molecule has 0 bridgehead atoms. The number of likely N-dealkylation sites (tertiary alicyclic amines) is 1. The number of benzene rings is 1. The number of methoxy groups -OCH3 is 1. The standard InChI is InChI=1S/C19H22ClNO3S/c1-12-6-9-17(25-12)18(14-11-13(20)7-8-16(14)24-2)21-10-4-3-5-15(21)19(22)23/h6-9,11,15,18H,3-5,10H2,1-2H3,(H,22,23). The fraction of sp³-hybridized carbons (Fsp3) is 0.421. The number of carboxylic acid groups (broad SMARTS) is 1. The number of hydrogen-bond acceptors (Lipinski definition) is 4. The Labute approximate surface area is 157 Å². The van der Waals surface area contributed by atoms with Crippen molar-refractivity contribution in [2.45, 2.75) is 38.3 Å². The van der Waals surface area contributed by atoms with Crippen LogP contribution in [0.5, 0.6) is 5.75 Å².